The molecular formula is C9H16N6O. The molecule has 1 aromatic rings. The Balaban J connectivity index is 1.67. The van der Waals surface area contributed by atoms with Gasteiger partial charge in [-0.25, -0.2) is 4.68 Å². The second kappa shape index (κ2) is 5.55. The molecular weight excluding hydrogens is 208 g/mol. The van der Waals surface area contributed by atoms with E-state index >= 15 is 0 Å². The molecule has 1 atom stereocenters. The van der Waals surface area contributed by atoms with Crippen LogP contribution >= 0.6 is 0 Å². The molecule has 1 saturated heterocycles. The molecule has 1 aliphatic heterocycles. The zero-order chi connectivity index (χ0) is 11.2. The number of tetrazole rings is 1. The maximum Gasteiger partial charge on any atom is 0.241 e. The molecule has 88 valence electrons. The quantitative estimate of drug-likeness (QED) is 0.680. The molecule has 1 aromatic heterocycles. The average Bonchev–Trinajstić information content (AvgIpc) is 2.81. The van der Waals surface area contributed by atoms with Gasteiger partial charge in [0, 0.05) is 12.6 Å². The van der Waals surface area contributed by atoms with E-state index in [-0.39, 0.29) is 12.5 Å². The number of rotatable bonds is 4. The summed E-state index contributed by atoms with van der Waals surface area (Å²) in [7, 11) is 0. The van der Waals surface area contributed by atoms with Crippen molar-refractivity contribution in [2.75, 3.05) is 13.1 Å². The topological polar surface area (TPSA) is 84.7 Å². The number of hydrogen-bond acceptors (Lipinski definition) is 5. The zero-order valence-electron chi connectivity index (χ0n) is 9.09. The summed E-state index contributed by atoms with van der Waals surface area (Å²) in [5.74, 6) is -0.0559. The molecule has 2 heterocycles. The van der Waals surface area contributed by atoms with Crippen molar-refractivity contribution >= 4 is 5.91 Å². The minimum Gasteiger partial charge on any atom is -0.353 e. The predicted molar refractivity (Wildman–Crippen MR) is 56.5 cm³/mol. The number of nitrogens with zero attached hydrogens (tertiary/aromatic N) is 4. The van der Waals surface area contributed by atoms with Gasteiger partial charge < -0.3 is 10.6 Å². The Kier molecular flexibility index (Phi) is 3.81. The van der Waals surface area contributed by atoms with Gasteiger partial charge in [-0.15, -0.1) is 5.10 Å². The third-order valence-corrected chi connectivity index (χ3v) is 2.66. The van der Waals surface area contributed by atoms with Crippen LogP contribution in [-0.2, 0) is 11.3 Å². The molecule has 2 rings (SSSR count). The van der Waals surface area contributed by atoms with E-state index in [1.807, 2.05) is 0 Å². The van der Waals surface area contributed by atoms with Gasteiger partial charge >= 0.3 is 0 Å². The molecule has 7 nitrogen and oxygen atoms in total. The Hall–Kier alpha value is -1.50. The Morgan fingerprint density at radius 2 is 2.50 bits per heavy atom. The number of hydrogen-bond donors (Lipinski definition) is 2. The molecule has 0 aromatic carbocycles. The Morgan fingerprint density at radius 1 is 1.56 bits per heavy atom. The normalized spacial score (nSPS) is 20.6. The van der Waals surface area contributed by atoms with Crippen molar-refractivity contribution < 1.29 is 4.79 Å². The van der Waals surface area contributed by atoms with Crippen LogP contribution in [0.25, 0.3) is 0 Å². The first kappa shape index (κ1) is 11.0. The largest absolute Gasteiger partial charge is 0.353 e. The zero-order valence-corrected chi connectivity index (χ0v) is 9.09. The predicted octanol–water partition coefficient (Wildman–Crippen LogP) is -1.07. The molecule has 0 radical (unpaired) electrons. The molecule has 0 spiro atoms. The monoisotopic (exact) mass is 224 g/mol. The van der Waals surface area contributed by atoms with Crippen LogP contribution in [0.1, 0.15) is 19.3 Å². The lowest BCUT2D eigenvalue weighted by atomic mass is 10.1. The van der Waals surface area contributed by atoms with E-state index in [9.17, 15) is 4.79 Å². The van der Waals surface area contributed by atoms with Gasteiger partial charge in [-0.05, 0) is 29.8 Å². The van der Waals surface area contributed by atoms with Crippen LogP contribution in [0, 0.1) is 0 Å². The van der Waals surface area contributed by atoms with Crippen molar-refractivity contribution in [2.24, 2.45) is 0 Å². The molecule has 1 unspecified atom stereocenters. The summed E-state index contributed by atoms with van der Waals surface area (Å²) in [6.07, 6.45) is 5.03. The summed E-state index contributed by atoms with van der Waals surface area (Å²) in [5, 5.41) is 16.8. The van der Waals surface area contributed by atoms with Crippen LogP contribution in [0.3, 0.4) is 0 Å². The summed E-state index contributed by atoms with van der Waals surface area (Å²) >= 11 is 0. The van der Waals surface area contributed by atoms with Crippen LogP contribution in [-0.4, -0.2) is 45.2 Å². The molecule has 1 fully saturated rings. The SMILES string of the molecule is O=C(Cn1cnnn1)NCC1CCCCN1. The fourth-order valence-corrected chi connectivity index (χ4v) is 1.79. The molecule has 0 saturated carbocycles. The smallest absolute Gasteiger partial charge is 0.241 e. The first-order chi connectivity index (χ1) is 7.84. The molecule has 2 N–H and O–H groups in total. The summed E-state index contributed by atoms with van der Waals surface area (Å²) < 4.78 is 1.41. The Morgan fingerprint density at radius 3 is 3.19 bits per heavy atom. The summed E-state index contributed by atoms with van der Waals surface area (Å²) in [5.41, 5.74) is 0. The first-order valence-electron chi connectivity index (χ1n) is 5.55. The second-order valence-corrected chi connectivity index (χ2v) is 3.96. The minimum atomic E-state index is -0.0559. The fraction of sp³-hybridized carbons (Fsp3) is 0.778. The molecule has 1 amide bonds. The van der Waals surface area contributed by atoms with Crippen LogP contribution in [0.5, 0.6) is 0 Å². The van der Waals surface area contributed by atoms with Gasteiger partial charge in [0.05, 0.1) is 0 Å². The summed E-state index contributed by atoms with van der Waals surface area (Å²) in [6.45, 7) is 1.91. The van der Waals surface area contributed by atoms with E-state index in [1.165, 1.54) is 23.9 Å². The number of carbonyl (C=O) groups excluding carboxylic acids is 1. The van der Waals surface area contributed by atoms with Gasteiger partial charge in [-0.1, -0.05) is 6.42 Å². The third kappa shape index (κ3) is 3.27. The van der Waals surface area contributed by atoms with E-state index in [1.54, 1.807) is 0 Å². The van der Waals surface area contributed by atoms with Crippen molar-refractivity contribution in [1.29, 1.82) is 0 Å². The van der Waals surface area contributed by atoms with E-state index in [2.05, 4.69) is 26.2 Å². The molecule has 1 aliphatic rings. The van der Waals surface area contributed by atoms with Gasteiger partial charge in [-0.2, -0.15) is 0 Å². The number of piperidine rings is 1. The highest BCUT2D eigenvalue weighted by Crippen LogP contribution is 2.05. The molecule has 7 heteroatoms. The summed E-state index contributed by atoms with van der Waals surface area (Å²) in [4.78, 5) is 11.5. The van der Waals surface area contributed by atoms with Crippen molar-refractivity contribution in [3.05, 3.63) is 6.33 Å². The van der Waals surface area contributed by atoms with Gasteiger partial charge in [0.15, 0.2) is 0 Å². The average molecular weight is 224 g/mol. The second-order valence-electron chi connectivity index (χ2n) is 3.96. The minimum absolute atomic E-state index is 0.0559. The lowest BCUT2D eigenvalue weighted by Crippen LogP contribution is -2.44. The fourth-order valence-electron chi connectivity index (χ4n) is 1.79. The standard InChI is InChI=1S/C9H16N6O/c16-9(6-15-7-12-13-14-15)11-5-8-3-1-2-4-10-8/h7-8,10H,1-6H2,(H,11,16). The molecule has 0 bridgehead atoms. The summed E-state index contributed by atoms with van der Waals surface area (Å²) in [6, 6.07) is 0.409. The Bertz CT molecular complexity index is 319. The van der Waals surface area contributed by atoms with Crippen LogP contribution in [0.4, 0.5) is 0 Å². The maximum absolute atomic E-state index is 11.5. The van der Waals surface area contributed by atoms with Crippen molar-refractivity contribution in [1.82, 2.24) is 30.8 Å². The van der Waals surface area contributed by atoms with Crippen LogP contribution < -0.4 is 10.6 Å². The maximum atomic E-state index is 11.5. The third-order valence-electron chi connectivity index (χ3n) is 2.66. The first-order valence-corrected chi connectivity index (χ1v) is 5.55. The van der Waals surface area contributed by atoms with Crippen LogP contribution in [0.15, 0.2) is 6.33 Å². The molecule has 16 heavy (non-hydrogen) atoms. The van der Waals surface area contributed by atoms with Crippen molar-refractivity contribution in [2.45, 2.75) is 31.8 Å². The molecule has 0 aliphatic carbocycles. The number of amides is 1. The van der Waals surface area contributed by atoms with Gasteiger partial charge in [0.1, 0.15) is 12.9 Å². The number of aromatic nitrogens is 4. The highest BCUT2D eigenvalue weighted by atomic mass is 16.2. The lowest BCUT2D eigenvalue weighted by molar-refractivity contribution is -0.122. The Labute approximate surface area is 93.6 Å². The van der Waals surface area contributed by atoms with Crippen molar-refractivity contribution in [3.8, 4) is 0 Å². The van der Waals surface area contributed by atoms with Gasteiger partial charge in [0.2, 0.25) is 5.91 Å². The number of nitrogens with one attached hydrogen (secondary N) is 2. The highest BCUT2D eigenvalue weighted by molar-refractivity contribution is 5.75. The van der Waals surface area contributed by atoms with E-state index in [4.69, 9.17) is 0 Å². The highest BCUT2D eigenvalue weighted by Gasteiger charge is 2.13. The van der Waals surface area contributed by atoms with E-state index < -0.39 is 0 Å². The van der Waals surface area contributed by atoms with E-state index in [0.717, 1.165) is 13.0 Å². The van der Waals surface area contributed by atoms with Gasteiger partial charge in [-0.3, -0.25) is 4.79 Å². The number of carbonyl (C=O) groups is 1. The van der Waals surface area contributed by atoms with E-state index in [0.29, 0.717) is 12.6 Å². The van der Waals surface area contributed by atoms with Crippen molar-refractivity contribution in [3.63, 3.8) is 0 Å². The van der Waals surface area contributed by atoms with Crippen LogP contribution in [0.2, 0.25) is 0 Å². The lowest BCUT2D eigenvalue weighted by Gasteiger charge is -2.23. The van der Waals surface area contributed by atoms with Gasteiger partial charge in [0.25, 0.3) is 0 Å².